The number of carbonyl (C=O) groups is 2. The number of rotatable bonds is 11. The Hall–Kier alpha value is -1.30. The summed E-state index contributed by atoms with van der Waals surface area (Å²) in [6, 6.07) is 0. The molecule has 0 spiro atoms. The van der Waals surface area contributed by atoms with Crippen LogP contribution >= 0.6 is 0 Å². The minimum atomic E-state index is -0.835. The van der Waals surface area contributed by atoms with Gasteiger partial charge in [0.25, 0.3) is 0 Å². The molecule has 1 fully saturated rings. The average Bonchev–Trinajstić information content (AvgIpc) is 2.58. The number of unbranched alkanes of at least 4 members (excludes halogenated alkanes) is 2. The molecule has 1 aliphatic rings. The van der Waals surface area contributed by atoms with Crippen LogP contribution < -0.4 is 10.6 Å². The number of hydrogen-bond acceptors (Lipinski definition) is 5. The third-order valence-corrected chi connectivity index (χ3v) is 4.22. The Morgan fingerprint density at radius 2 is 1.71 bits per heavy atom. The van der Waals surface area contributed by atoms with Crippen LogP contribution in [-0.4, -0.2) is 38.0 Å². The highest BCUT2D eigenvalue weighted by Crippen LogP contribution is 2.25. The van der Waals surface area contributed by atoms with Gasteiger partial charge in [-0.2, -0.15) is 0 Å². The van der Waals surface area contributed by atoms with Gasteiger partial charge in [0.05, 0.1) is 5.92 Å². The van der Waals surface area contributed by atoms with Gasteiger partial charge in [0.2, 0.25) is 6.29 Å². The lowest BCUT2D eigenvalue weighted by atomic mass is 9.89. The monoisotopic (exact) mass is 342 g/mol. The lowest BCUT2D eigenvalue weighted by Crippen LogP contribution is -2.32. The van der Waals surface area contributed by atoms with Crippen molar-refractivity contribution in [2.45, 2.75) is 77.9 Å². The first-order valence-electron chi connectivity index (χ1n) is 9.49. The summed E-state index contributed by atoms with van der Waals surface area (Å²) in [6.45, 7) is 6.39. The van der Waals surface area contributed by atoms with E-state index in [1.165, 1.54) is 6.42 Å². The van der Waals surface area contributed by atoms with E-state index in [1.807, 2.05) is 0 Å². The zero-order valence-electron chi connectivity index (χ0n) is 15.3. The predicted molar refractivity (Wildman–Crippen MR) is 93.6 cm³/mol. The zero-order valence-corrected chi connectivity index (χ0v) is 15.3. The van der Waals surface area contributed by atoms with Gasteiger partial charge in [0.1, 0.15) is 0 Å². The second-order valence-electron chi connectivity index (χ2n) is 6.48. The summed E-state index contributed by atoms with van der Waals surface area (Å²) in [4.78, 5) is 23.6. The fourth-order valence-electron chi connectivity index (χ4n) is 2.86. The van der Waals surface area contributed by atoms with Gasteiger partial charge >= 0.3 is 12.1 Å². The van der Waals surface area contributed by atoms with Crippen LogP contribution in [-0.2, 0) is 14.3 Å². The van der Waals surface area contributed by atoms with Crippen LogP contribution in [0.1, 0.15) is 71.6 Å². The molecule has 1 amide bonds. The Morgan fingerprint density at radius 3 is 2.42 bits per heavy atom. The predicted octanol–water partition coefficient (Wildman–Crippen LogP) is 3.35. The summed E-state index contributed by atoms with van der Waals surface area (Å²) in [5.41, 5.74) is 0. The molecule has 0 aromatic rings. The SMILES string of the molecule is CCCNCCCCCNC(=O)O[C@@H](C)OC(=O)C1CCCCC1. The van der Waals surface area contributed by atoms with Crippen LogP contribution in [0.3, 0.4) is 0 Å². The van der Waals surface area contributed by atoms with Gasteiger partial charge in [-0.25, -0.2) is 4.79 Å². The molecular weight excluding hydrogens is 308 g/mol. The highest BCUT2D eigenvalue weighted by atomic mass is 16.7. The Balaban J connectivity index is 2.02. The van der Waals surface area contributed by atoms with E-state index >= 15 is 0 Å². The third kappa shape index (κ3) is 9.75. The van der Waals surface area contributed by atoms with Crippen molar-refractivity contribution in [2.24, 2.45) is 5.92 Å². The van der Waals surface area contributed by atoms with Gasteiger partial charge in [0.15, 0.2) is 0 Å². The number of carbonyl (C=O) groups excluding carboxylic acids is 2. The van der Waals surface area contributed by atoms with Crippen LogP contribution in [0.5, 0.6) is 0 Å². The van der Waals surface area contributed by atoms with Crippen LogP contribution in [0.4, 0.5) is 4.79 Å². The van der Waals surface area contributed by atoms with Gasteiger partial charge in [-0.1, -0.05) is 32.6 Å². The first-order chi connectivity index (χ1) is 11.6. The van der Waals surface area contributed by atoms with Gasteiger partial charge in [0, 0.05) is 13.5 Å². The summed E-state index contributed by atoms with van der Waals surface area (Å²) in [7, 11) is 0. The van der Waals surface area contributed by atoms with Gasteiger partial charge in [-0.3, -0.25) is 4.79 Å². The Kier molecular flexibility index (Phi) is 11.3. The fraction of sp³-hybridized carbons (Fsp3) is 0.889. The largest absolute Gasteiger partial charge is 0.425 e. The summed E-state index contributed by atoms with van der Waals surface area (Å²) in [5.74, 6) is -0.274. The molecule has 0 bridgehead atoms. The molecule has 0 unspecified atom stereocenters. The van der Waals surface area contributed by atoms with E-state index in [0.29, 0.717) is 6.54 Å². The molecule has 24 heavy (non-hydrogen) atoms. The summed E-state index contributed by atoms with van der Waals surface area (Å²) >= 11 is 0. The quantitative estimate of drug-likeness (QED) is 0.342. The van der Waals surface area contributed by atoms with Crippen molar-refractivity contribution in [1.82, 2.24) is 10.6 Å². The van der Waals surface area contributed by atoms with Crippen molar-refractivity contribution >= 4 is 12.1 Å². The maximum absolute atomic E-state index is 12.0. The van der Waals surface area contributed by atoms with Crippen molar-refractivity contribution in [3.63, 3.8) is 0 Å². The number of nitrogens with one attached hydrogen (secondary N) is 2. The molecule has 0 aromatic carbocycles. The third-order valence-electron chi connectivity index (χ3n) is 4.22. The van der Waals surface area contributed by atoms with Crippen molar-refractivity contribution in [1.29, 1.82) is 0 Å². The normalized spacial score (nSPS) is 16.4. The average molecular weight is 342 g/mol. The molecule has 140 valence electrons. The van der Waals surface area contributed by atoms with E-state index in [1.54, 1.807) is 6.92 Å². The molecule has 0 heterocycles. The minimum Gasteiger partial charge on any atom is -0.425 e. The number of hydrogen-bond donors (Lipinski definition) is 2. The highest BCUT2D eigenvalue weighted by molar-refractivity contribution is 5.73. The zero-order chi connectivity index (χ0) is 17.6. The molecule has 6 nitrogen and oxygen atoms in total. The first-order valence-corrected chi connectivity index (χ1v) is 9.49. The number of alkyl carbamates (subject to hydrolysis) is 1. The maximum atomic E-state index is 12.0. The number of ether oxygens (including phenoxy) is 2. The molecule has 2 N–H and O–H groups in total. The Labute approximate surface area is 146 Å². The highest BCUT2D eigenvalue weighted by Gasteiger charge is 2.24. The smallest absolute Gasteiger partial charge is 0.410 e. The topological polar surface area (TPSA) is 76.7 Å². The van der Waals surface area contributed by atoms with Crippen molar-refractivity contribution in [3.8, 4) is 0 Å². The molecule has 0 aromatic heterocycles. The lowest BCUT2D eigenvalue weighted by molar-refractivity contribution is -0.170. The molecular formula is C18H34N2O4. The molecule has 6 heteroatoms. The lowest BCUT2D eigenvalue weighted by Gasteiger charge is -2.22. The van der Waals surface area contributed by atoms with Crippen LogP contribution in [0.25, 0.3) is 0 Å². The van der Waals surface area contributed by atoms with E-state index in [0.717, 1.165) is 64.5 Å². The summed E-state index contributed by atoms with van der Waals surface area (Å²) in [6.07, 6.45) is 7.96. The number of esters is 1. The molecule has 0 aliphatic heterocycles. The molecule has 1 atom stereocenters. The second kappa shape index (κ2) is 13.0. The molecule has 1 aliphatic carbocycles. The fourth-order valence-corrected chi connectivity index (χ4v) is 2.86. The van der Waals surface area contributed by atoms with Gasteiger partial charge in [-0.05, 0) is 45.2 Å². The molecule has 1 saturated carbocycles. The second-order valence-corrected chi connectivity index (χ2v) is 6.48. The van der Waals surface area contributed by atoms with E-state index in [-0.39, 0.29) is 11.9 Å². The minimum absolute atomic E-state index is 0.0332. The van der Waals surface area contributed by atoms with E-state index in [2.05, 4.69) is 17.6 Å². The molecule has 0 radical (unpaired) electrons. The molecule has 0 saturated heterocycles. The standard InChI is InChI=1S/C18H34N2O4/c1-3-12-19-13-8-5-9-14-20-18(22)24-15(2)23-17(21)16-10-6-4-7-11-16/h15-16,19H,3-14H2,1-2H3,(H,20,22)/t15-/m0/s1. The summed E-state index contributed by atoms with van der Waals surface area (Å²) in [5, 5.41) is 6.04. The van der Waals surface area contributed by atoms with E-state index in [9.17, 15) is 9.59 Å². The van der Waals surface area contributed by atoms with Gasteiger partial charge in [-0.15, -0.1) is 0 Å². The van der Waals surface area contributed by atoms with Crippen molar-refractivity contribution < 1.29 is 19.1 Å². The Bertz CT molecular complexity index is 357. The van der Waals surface area contributed by atoms with Crippen molar-refractivity contribution in [3.05, 3.63) is 0 Å². The number of amides is 1. The first kappa shape index (κ1) is 20.7. The van der Waals surface area contributed by atoms with Crippen molar-refractivity contribution in [2.75, 3.05) is 19.6 Å². The summed E-state index contributed by atoms with van der Waals surface area (Å²) < 4.78 is 10.3. The van der Waals surface area contributed by atoms with Crippen LogP contribution in [0, 0.1) is 5.92 Å². The van der Waals surface area contributed by atoms with Gasteiger partial charge < -0.3 is 20.1 Å². The Morgan fingerprint density at radius 1 is 1.00 bits per heavy atom. The van der Waals surface area contributed by atoms with E-state index < -0.39 is 12.4 Å². The van der Waals surface area contributed by atoms with Crippen LogP contribution in [0.2, 0.25) is 0 Å². The van der Waals surface area contributed by atoms with Crippen LogP contribution in [0.15, 0.2) is 0 Å². The van der Waals surface area contributed by atoms with E-state index in [4.69, 9.17) is 9.47 Å². The maximum Gasteiger partial charge on any atom is 0.410 e. The molecule has 1 rings (SSSR count).